The van der Waals surface area contributed by atoms with Gasteiger partial charge in [-0.2, -0.15) is 0 Å². The average molecular weight is 250 g/mol. The minimum Gasteiger partial charge on any atom is -0.350 e. The van der Waals surface area contributed by atoms with Crippen LogP contribution in [0.15, 0.2) is 12.5 Å². The largest absolute Gasteiger partial charge is 0.350 e. The number of amides is 1. The van der Waals surface area contributed by atoms with Crippen LogP contribution in [0, 0.1) is 0 Å². The summed E-state index contributed by atoms with van der Waals surface area (Å²) in [6.07, 6.45) is 3.62. The molecule has 0 spiro atoms. The second-order valence-electron chi connectivity index (χ2n) is 6.00. The Labute approximate surface area is 108 Å². The summed E-state index contributed by atoms with van der Waals surface area (Å²) in [4.78, 5) is 16.3. The smallest absolute Gasteiger partial charge is 0.243 e. The average Bonchev–Trinajstić information content (AvgIpc) is 2.59. The van der Waals surface area contributed by atoms with Crippen molar-refractivity contribution < 1.29 is 4.79 Å². The Morgan fingerprint density at radius 3 is 2.72 bits per heavy atom. The monoisotopic (exact) mass is 250 g/mol. The van der Waals surface area contributed by atoms with Crippen molar-refractivity contribution >= 4 is 5.91 Å². The van der Waals surface area contributed by atoms with Gasteiger partial charge in [-0.3, -0.25) is 4.79 Å². The van der Waals surface area contributed by atoms with E-state index >= 15 is 0 Å². The number of aromatic nitrogens is 2. The lowest BCUT2D eigenvalue weighted by molar-refractivity contribution is -0.125. The van der Waals surface area contributed by atoms with Crippen LogP contribution in [0.5, 0.6) is 0 Å². The molecule has 0 bridgehead atoms. The van der Waals surface area contributed by atoms with E-state index in [1.165, 1.54) is 0 Å². The van der Waals surface area contributed by atoms with Crippen molar-refractivity contribution in [2.75, 3.05) is 13.1 Å². The highest BCUT2D eigenvalue weighted by molar-refractivity contribution is 5.80. The van der Waals surface area contributed by atoms with E-state index in [0.29, 0.717) is 5.92 Å². The molecule has 2 heterocycles. The second kappa shape index (κ2) is 4.72. The molecule has 1 atom stereocenters. The Kier molecular flexibility index (Phi) is 3.43. The third-order valence-electron chi connectivity index (χ3n) is 3.19. The number of nitrogens with zero attached hydrogens (tertiary/aromatic N) is 2. The summed E-state index contributed by atoms with van der Waals surface area (Å²) in [5.74, 6) is 0.520. The maximum Gasteiger partial charge on any atom is 0.243 e. The molecule has 5 heteroatoms. The normalized spacial score (nSPS) is 18.2. The SMILES string of the molecule is CC(C(=O)NC(C)(C)C)n1cncc1C1CNC1. The lowest BCUT2D eigenvalue weighted by Crippen LogP contribution is -2.45. The zero-order valence-electron chi connectivity index (χ0n) is 11.5. The summed E-state index contributed by atoms with van der Waals surface area (Å²) in [7, 11) is 0. The molecule has 1 amide bonds. The molecule has 1 aromatic heterocycles. The Bertz CT molecular complexity index is 428. The summed E-state index contributed by atoms with van der Waals surface area (Å²) >= 11 is 0. The first-order valence-electron chi connectivity index (χ1n) is 6.43. The minimum atomic E-state index is -0.220. The molecule has 1 fully saturated rings. The summed E-state index contributed by atoms with van der Waals surface area (Å²) in [5, 5.41) is 6.25. The first-order valence-corrected chi connectivity index (χ1v) is 6.43. The van der Waals surface area contributed by atoms with Crippen LogP contribution in [0.1, 0.15) is 45.3 Å². The van der Waals surface area contributed by atoms with Crippen molar-refractivity contribution in [1.29, 1.82) is 0 Å². The Morgan fingerprint density at radius 1 is 1.56 bits per heavy atom. The quantitative estimate of drug-likeness (QED) is 0.843. The molecule has 0 radical (unpaired) electrons. The third kappa shape index (κ3) is 2.72. The Morgan fingerprint density at radius 2 is 2.22 bits per heavy atom. The predicted octanol–water partition coefficient (Wildman–Crippen LogP) is 1.05. The van der Waals surface area contributed by atoms with Gasteiger partial charge in [0.2, 0.25) is 5.91 Å². The molecule has 18 heavy (non-hydrogen) atoms. The molecule has 1 aliphatic heterocycles. The fourth-order valence-corrected chi connectivity index (χ4v) is 2.05. The molecule has 0 saturated carbocycles. The van der Waals surface area contributed by atoms with Crippen LogP contribution in [0.25, 0.3) is 0 Å². The molecule has 0 aromatic carbocycles. The van der Waals surface area contributed by atoms with Crippen LogP contribution in [-0.2, 0) is 4.79 Å². The molecule has 1 unspecified atom stereocenters. The maximum atomic E-state index is 12.2. The van der Waals surface area contributed by atoms with E-state index in [0.717, 1.165) is 18.8 Å². The van der Waals surface area contributed by atoms with Crippen molar-refractivity contribution in [3.63, 3.8) is 0 Å². The van der Waals surface area contributed by atoms with Gasteiger partial charge < -0.3 is 15.2 Å². The second-order valence-corrected chi connectivity index (χ2v) is 6.00. The summed E-state index contributed by atoms with van der Waals surface area (Å²) in [6.45, 7) is 9.82. The van der Waals surface area contributed by atoms with Gasteiger partial charge in [-0.05, 0) is 27.7 Å². The molecule has 2 rings (SSSR count). The van der Waals surface area contributed by atoms with Crippen LogP contribution in [-0.4, -0.2) is 34.1 Å². The number of hydrogen-bond donors (Lipinski definition) is 2. The number of nitrogens with one attached hydrogen (secondary N) is 2. The maximum absolute atomic E-state index is 12.2. The molecular weight excluding hydrogens is 228 g/mol. The zero-order valence-corrected chi connectivity index (χ0v) is 11.5. The summed E-state index contributed by atoms with van der Waals surface area (Å²) in [5.41, 5.74) is 0.940. The van der Waals surface area contributed by atoms with Gasteiger partial charge in [0.25, 0.3) is 0 Å². The first-order chi connectivity index (χ1) is 8.38. The van der Waals surface area contributed by atoms with E-state index in [9.17, 15) is 4.79 Å². The molecule has 1 aliphatic rings. The van der Waals surface area contributed by atoms with Gasteiger partial charge in [0.15, 0.2) is 0 Å². The highest BCUT2D eigenvalue weighted by atomic mass is 16.2. The van der Waals surface area contributed by atoms with Crippen LogP contribution in [0.4, 0.5) is 0 Å². The number of rotatable bonds is 3. The van der Waals surface area contributed by atoms with Crippen LogP contribution in [0.3, 0.4) is 0 Å². The Hall–Kier alpha value is -1.36. The van der Waals surface area contributed by atoms with Crippen LogP contribution in [0.2, 0.25) is 0 Å². The van der Waals surface area contributed by atoms with Gasteiger partial charge in [0, 0.05) is 36.4 Å². The standard InChI is InChI=1S/C13H22N4O/c1-9(12(18)16-13(2,3)4)17-8-15-7-11(17)10-5-14-6-10/h7-10,14H,5-6H2,1-4H3,(H,16,18). The minimum absolute atomic E-state index is 0.0361. The summed E-state index contributed by atoms with van der Waals surface area (Å²) in [6, 6.07) is -0.220. The van der Waals surface area contributed by atoms with Gasteiger partial charge in [-0.1, -0.05) is 0 Å². The third-order valence-corrected chi connectivity index (χ3v) is 3.19. The summed E-state index contributed by atoms with van der Waals surface area (Å²) < 4.78 is 1.98. The van der Waals surface area contributed by atoms with Crippen molar-refractivity contribution in [3.05, 3.63) is 18.2 Å². The number of imidazole rings is 1. The lowest BCUT2D eigenvalue weighted by Gasteiger charge is -2.30. The van der Waals surface area contributed by atoms with Gasteiger partial charge in [-0.15, -0.1) is 0 Å². The van der Waals surface area contributed by atoms with E-state index in [1.807, 2.05) is 38.5 Å². The highest BCUT2D eigenvalue weighted by Gasteiger charge is 2.27. The molecule has 0 aliphatic carbocycles. The highest BCUT2D eigenvalue weighted by Crippen LogP contribution is 2.22. The van der Waals surface area contributed by atoms with Gasteiger partial charge in [0.05, 0.1) is 6.33 Å². The van der Waals surface area contributed by atoms with E-state index in [1.54, 1.807) is 6.33 Å². The molecule has 1 saturated heterocycles. The first kappa shape index (κ1) is 13.1. The van der Waals surface area contributed by atoms with Crippen LogP contribution >= 0.6 is 0 Å². The van der Waals surface area contributed by atoms with E-state index in [-0.39, 0.29) is 17.5 Å². The fourth-order valence-electron chi connectivity index (χ4n) is 2.05. The van der Waals surface area contributed by atoms with Crippen molar-refractivity contribution in [2.45, 2.75) is 45.2 Å². The predicted molar refractivity (Wildman–Crippen MR) is 70.4 cm³/mol. The van der Waals surface area contributed by atoms with Gasteiger partial charge in [0.1, 0.15) is 6.04 Å². The molecule has 5 nitrogen and oxygen atoms in total. The van der Waals surface area contributed by atoms with E-state index < -0.39 is 0 Å². The number of carbonyl (C=O) groups excluding carboxylic acids is 1. The molecule has 2 N–H and O–H groups in total. The van der Waals surface area contributed by atoms with Crippen molar-refractivity contribution in [3.8, 4) is 0 Å². The lowest BCUT2D eigenvalue weighted by atomic mass is 9.99. The Balaban J connectivity index is 2.11. The zero-order chi connectivity index (χ0) is 13.3. The molecule has 1 aromatic rings. The molecular formula is C13H22N4O. The molecule has 100 valence electrons. The van der Waals surface area contributed by atoms with E-state index in [2.05, 4.69) is 15.6 Å². The van der Waals surface area contributed by atoms with Crippen molar-refractivity contribution in [1.82, 2.24) is 20.2 Å². The topological polar surface area (TPSA) is 59.0 Å². The van der Waals surface area contributed by atoms with Crippen molar-refractivity contribution in [2.24, 2.45) is 0 Å². The van der Waals surface area contributed by atoms with Gasteiger partial charge in [-0.25, -0.2) is 4.98 Å². The number of carbonyl (C=O) groups is 1. The number of hydrogen-bond acceptors (Lipinski definition) is 3. The van der Waals surface area contributed by atoms with E-state index in [4.69, 9.17) is 0 Å². The fraction of sp³-hybridized carbons (Fsp3) is 0.692. The van der Waals surface area contributed by atoms with Gasteiger partial charge >= 0.3 is 0 Å². The van der Waals surface area contributed by atoms with Crippen LogP contribution < -0.4 is 10.6 Å².